The van der Waals surface area contributed by atoms with Gasteiger partial charge >= 0.3 is 0 Å². The number of hydrogen-bond acceptors (Lipinski definition) is 3. The summed E-state index contributed by atoms with van der Waals surface area (Å²) in [7, 11) is 1.87. The summed E-state index contributed by atoms with van der Waals surface area (Å²) in [6.45, 7) is 0.880. The molecule has 0 saturated heterocycles. The first-order valence-electron chi connectivity index (χ1n) is 5.28. The van der Waals surface area contributed by atoms with Gasteiger partial charge < -0.3 is 10.5 Å². The van der Waals surface area contributed by atoms with Gasteiger partial charge in [0.2, 0.25) is 0 Å². The molecule has 90 valence electrons. The van der Waals surface area contributed by atoms with E-state index in [-0.39, 0.29) is 0 Å². The molecule has 1 aromatic carbocycles. The molecule has 0 aliphatic carbocycles. The van der Waals surface area contributed by atoms with Gasteiger partial charge in [-0.15, -0.1) is 0 Å². The van der Waals surface area contributed by atoms with Gasteiger partial charge in [0.05, 0.1) is 6.20 Å². The first kappa shape index (κ1) is 12.0. The lowest BCUT2D eigenvalue weighted by molar-refractivity contribution is 0.303. The maximum Gasteiger partial charge on any atom is 0.124 e. The number of ether oxygens (including phenoxy) is 1. The van der Waals surface area contributed by atoms with Gasteiger partial charge in [-0.25, -0.2) is 0 Å². The topological polar surface area (TPSA) is 53.1 Å². The molecule has 0 atom stereocenters. The third-order valence-corrected chi connectivity index (χ3v) is 2.63. The molecule has 1 aromatic heterocycles. The van der Waals surface area contributed by atoms with Crippen LogP contribution >= 0.6 is 11.6 Å². The Labute approximate surface area is 105 Å². The minimum atomic E-state index is 0.406. The molecule has 0 saturated carbocycles. The maximum absolute atomic E-state index is 5.89. The summed E-state index contributed by atoms with van der Waals surface area (Å²) in [5.74, 6) is 0.765. The van der Waals surface area contributed by atoms with Crippen LogP contribution in [0.5, 0.6) is 5.75 Å². The highest BCUT2D eigenvalue weighted by molar-refractivity contribution is 6.30. The van der Waals surface area contributed by atoms with Crippen molar-refractivity contribution >= 4 is 11.6 Å². The Morgan fingerprint density at radius 2 is 2.29 bits per heavy atom. The third kappa shape index (κ3) is 2.99. The molecule has 0 spiro atoms. The number of halogens is 1. The van der Waals surface area contributed by atoms with Crippen molar-refractivity contribution in [2.45, 2.75) is 13.2 Å². The summed E-state index contributed by atoms with van der Waals surface area (Å²) in [5.41, 5.74) is 7.56. The van der Waals surface area contributed by atoms with Gasteiger partial charge in [0.15, 0.2) is 0 Å². The third-order valence-electron chi connectivity index (χ3n) is 2.40. The van der Waals surface area contributed by atoms with Gasteiger partial charge in [-0.3, -0.25) is 4.68 Å². The Morgan fingerprint density at radius 1 is 1.47 bits per heavy atom. The lowest BCUT2D eigenvalue weighted by Gasteiger charge is -2.09. The molecule has 2 aromatic rings. The van der Waals surface area contributed by atoms with Gasteiger partial charge in [0.1, 0.15) is 12.4 Å². The molecule has 0 unspecified atom stereocenters. The fourth-order valence-corrected chi connectivity index (χ4v) is 1.75. The van der Waals surface area contributed by atoms with Crippen LogP contribution in [0.2, 0.25) is 5.02 Å². The Hall–Kier alpha value is -1.52. The molecule has 0 bridgehead atoms. The second kappa shape index (κ2) is 5.21. The van der Waals surface area contributed by atoms with Crippen LogP contribution in [-0.4, -0.2) is 9.78 Å². The fraction of sp³-hybridized carbons (Fsp3) is 0.250. The fourth-order valence-electron chi connectivity index (χ4n) is 1.56. The molecular weight excluding hydrogens is 238 g/mol. The largest absolute Gasteiger partial charge is 0.488 e. The second-order valence-corrected chi connectivity index (χ2v) is 4.20. The molecule has 2 N–H and O–H groups in total. The molecule has 0 aliphatic rings. The van der Waals surface area contributed by atoms with E-state index >= 15 is 0 Å². The Morgan fingerprint density at radius 3 is 2.94 bits per heavy atom. The molecule has 0 fully saturated rings. The SMILES string of the molecule is Cn1cc(COc2ccc(Cl)cc2CN)cn1. The van der Waals surface area contributed by atoms with E-state index in [1.807, 2.05) is 25.4 Å². The number of nitrogens with two attached hydrogens (primary N) is 1. The van der Waals surface area contributed by atoms with Gasteiger partial charge in [0.25, 0.3) is 0 Å². The zero-order valence-corrected chi connectivity index (χ0v) is 10.3. The highest BCUT2D eigenvalue weighted by atomic mass is 35.5. The summed E-state index contributed by atoms with van der Waals surface area (Å²) in [4.78, 5) is 0. The van der Waals surface area contributed by atoms with E-state index in [9.17, 15) is 0 Å². The summed E-state index contributed by atoms with van der Waals surface area (Å²) in [6, 6.07) is 5.44. The van der Waals surface area contributed by atoms with Crippen molar-refractivity contribution in [3.8, 4) is 5.75 Å². The van der Waals surface area contributed by atoms with Crippen LogP contribution in [0.3, 0.4) is 0 Å². The van der Waals surface area contributed by atoms with Crippen LogP contribution in [0, 0.1) is 0 Å². The summed E-state index contributed by atoms with van der Waals surface area (Å²) < 4.78 is 7.43. The zero-order valence-electron chi connectivity index (χ0n) is 9.56. The number of aromatic nitrogens is 2. The van der Waals surface area contributed by atoms with Crippen LogP contribution < -0.4 is 10.5 Å². The van der Waals surface area contributed by atoms with Crippen LogP contribution in [0.25, 0.3) is 0 Å². The first-order valence-corrected chi connectivity index (χ1v) is 5.65. The van der Waals surface area contributed by atoms with Crippen LogP contribution in [0.1, 0.15) is 11.1 Å². The number of aryl methyl sites for hydroxylation is 1. The van der Waals surface area contributed by atoms with Crippen molar-refractivity contribution < 1.29 is 4.74 Å². The predicted molar refractivity (Wildman–Crippen MR) is 66.9 cm³/mol. The number of benzene rings is 1. The first-order chi connectivity index (χ1) is 8.19. The molecule has 5 heteroatoms. The van der Waals surface area contributed by atoms with Crippen molar-refractivity contribution in [2.75, 3.05) is 0 Å². The Kier molecular flexibility index (Phi) is 3.66. The zero-order chi connectivity index (χ0) is 12.3. The minimum Gasteiger partial charge on any atom is -0.488 e. The van der Waals surface area contributed by atoms with Gasteiger partial charge in [-0.1, -0.05) is 11.6 Å². The van der Waals surface area contributed by atoms with E-state index in [4.69, 9.17) is 22.1 Å². The van der Waals surface area contributed by atoms with Crippen LogP contribution in [0.15, 0.2) is 30.6 Å². The average Bonchev–Trinajstić information content (AvgIpc) is 2.73. The molecule has 17 heavy (non-hydrogen) atoms. The van der Waals surface area contributed by atoms with E-state index in [1.54, 1.807) is 16.9 Å². The molecule has 0 aliphatic heterocycles. The number of nitrogens with zero attached hydrogens (tertiary/aromatic N) is 2. The number of rotatable bonds is 4. The van der Waals surface area contributed by atoms with Crippen LogP contribution in [-0.2, 0) is 20.2 Å². The maximum atomic E-state index is 5.89. The van der Waals surface area contributed by atoms with Crippen molar-refractivity contribution in [1.82, 2.24) is 9.78 Å². The van der Waals surface area contributed by atoms with Gasteiger partial charge in [-0.05, 0) is 18.2 Å². The van der Waals surface area contributed by atoms with Crippen molar-refractivity contribution in [2.24, 2.45) is 12.8 Å². The molecule has 1 heterocycles. The van der Waals surface area contributed by atoms with Crippen molar-refractivity contribution in [3.05, 3.63) is 46.7 Å². The van der Waals surface area contributed by atoms with E-state index < -0.39 is 0 Å². The van der Waals surface area contributed by atoms with Crippen molar-refractivity contribution in [3.63, 3.8) is 0 Å². The monoisotopic (exact) mass is 251 g/mol. The smallest absolute Gasteiger partial charge is 0.124 e. The van der Waals surface area contributed by atoms with E-state index in [1.165, 1.54) is 0 Å². The minimum absolute atomic E-state index is 0.406. The lowest BCUT2D eigenvalue weighted by Crippen LogP contribution is -2.02. The van der Waals surface area contributed by atoms with E-state index in [0.717, 1.165) is 16.9 Å². The van der Waals surface area contributed by atoms with Gasteiger partial charge in [0, 0.05) is 35.9 Å². The van der Waals surface area contributed by atoms with E-state index in [2.05, 4.69) is 5.10 Å². The molecule has 0 radical (unpaired) electrons. The summed E-state index contributed by atoms with van der Waals surface area (Å²) in [5, 5.41) is 4.74. The number of hydrogen-bond donors (Lipinski definition) is 1. The second-order valence-electron chi connectivity index (χ2n) is 3.77. The van der Waals surface area contributed by atoms with Gasteiger partial charge in [-0.2, -0.15) is 5.10 Å². The Balaban J connectivity index is 2.08. The molecule has 0 amide bonds. The predicted octanol–water partition coefficient (Wildman–Crippen LogP) is 2.11. The highest BCUT2D eigenvalue weighted by Crippen LogP contribution is 2.23. The highest BCUT2D eigenvalue weighted by Gasteiger charge is 2.04. The lowest BCUT2D eigenvalue weighted by atomic mass is 10.2. The van der Waals surface area contributed by atoms with Crippen LogP contribution in [0.4, 0.5) is 0 Å². The average molecular weight is 252 g/mol. The van der Waals surface area contributed by atoms with E-state index in [0.29, 0.717) is 18.2 Å². The van der Waals surface area contributed by atoms with Crippen molar-refractivity contribution in [1.29, 1.82) is 0 Å². The standard InChI is InChI=1S/C12H14ClN3O/c1-16-7-9(6-15-16)8-17-12-3-2-11(13)4-10(12)5-14/h2-4,6-7H,5,8,14H2,1H3. The summed E-state index contributed by atoms with van der Waals surface area (Å²) >= 11 is 5.89. The molecule has 4 nitrogen and oxygen atoms in total. The normalized spacial score (nSPS) is 10.5. The quantitative estimate of drug-likeness (QED) is 0.906. The molecule has 2 rings (SSSR count). The summed E-state index contributed by atoms with van der Waals surface area (Å²) in [6.07, 6.45) is 3.69. The Bertz CT molecular complexity index is 510. The molecular formula is C12H14ClN3O.